The van der Waals surface area contributed by atoms with Crippen molar-refractivity contribution in [2.75, 3.05) is 13.7 Å². The molecule has 0 heterocycles. The van der Waals surface area contributed by atoms with Gasteiger partial charge in [0.2, 0.25) is 0 Å². The number of aliphatic hydroxyl groups is 1. The maximum Gasteiger partial charge on any atom is 0.123 e. The van der Waals surface area contributed by atoms with Crippen molar-refractivity contribution in [3.8, 4) is 11.8 Å². The molecule has 2 aromatic rings. The first-order valence-electron chi connectivity index (χ1n) is 6.79. The first kappa shape index (κ1) is 15.2. The maximum atomic E-state index is 13.1. The molecule has 0 saturated heterocycles. The number of halogens is 1. The van der Waals surface area contributed by atoms with E-state index in [-0.39, 0.29) is 12.4 Å². The lowest BCUT2D eigenvalue weighted by Gasteiger charge is -2.17. The van der Waals surface area contributed by atoms with Gasteiger partial charge in [-0.1, -0.05) is 36.1 Å². The number of hydrogen-bond donors (Lipinski definition) is 1. The molecule has 0 fully saturated rings. The molecule has 0 aromatic heterocycles. The van der Waals surface area contributed by atoms with Crippen molar-refractivity contribution in [2.45, 2.75) is 13.1 Å². The third-order valence-electron chi connectivity index (χ3n) is 3.06. The predicted octanol–water partition coefficient (Wildman–Crippen LogP) is 2.80. The summed E-state index contributed by atoms with van der Waals surface area (Å²) in [6, 6.07) is 14.6. The first-order valence-corrected chi connectivity index (χ1v) is 6.79. The molecule has 0 atom stereocenters. The Morgan fingerprint density at radius 2 is 1.76 bits per heavy atom. The number of nitrogens with zero attached hydrogens (tertiary/aromatic N) is 1. The molecule has 2 nitrogen and oxygen atoms in total. The van der Waals surface area contributed by atoms with E-state index in [9.17, 15) is 4.39 Å². The van der Waals surface area contributed by atoms with Gasteiger partial charge >= 0.3 is 0 Å². The Balaban J connectivity index is 1.94. The van der Waals surface area contributed by atoms with Crippen LogP contribution in [0.2, 0.25) is 0 Å². The summed E-state index contributed by atoms with van der Waals surface area (Å²) in [5, 5.41) is 8.65. The average Bonchev–Trinajstić information content (AvgIpc) is 2.46. The van der Waals surface area contributed by atoms with Crippen LogP contribution in [0.3, 0.4) is 0 Å². The highest BCUT2D eigenvalue weighted by Crippen LogP contribution is 2.10. The summed E-state index contributed by atoms with van der Waals surface area (Å²) in [6.07, 6.45) is 0. The number of benzene rings is 2. The van der Waals surface area contributed by atoms with Crippen LogP contribution in [0.15, 0.2) is 48.5 Å². The summed E-state index contributed by atoms with van der Waals surface area (Å²) in [4.78, 5) is 2.13. The van der Waals surface area contributed by atoms with Crippen LogP contribution in [0.1, 0.15) is 16.7 Å². The molecule has 0 bridgehead atoms. The Kier molecular flexibility index (Phi) is 5.51. The Morgan fingerprint density at radius 1 is 1.05 bits per heavy atom. The minimum absolute atomic E-state index is 0.127. The zero-order chi connectivity index (χ0) is 15.1. The van der Waals surface area contributed by atoms with E-state index >= 15 is 0 Å². The largest absolute Gasteiger partial charge is 0.384 e. The molecule has 2 rings (SSSR count). The lowest BCUT2D eigenvalue weighted by molar-refractivity contribution is 0.318. The number of aliphatic hydroxyl groups excluding tert-OH is 1. The highest BCUT2D eigenvalue weighted by Gasteiger charge is 2.03. The van der Waals surface area contributed by atoms with Gasteiger partial charge in [0.15, 0.2) is 0 Å². The van der Waals surface area contributed by atoms with Gasteiger partial charge in [0.1, 0.15) is 12.4 Å². The van der Waals surface area contributed by atoms with E-state index in [1.165, 1.54) is 11.6 Å². The smallest absolute Gasteiger partial charge is 0.123 e. The molecule has 0 spiro atoms. The monoisotopic (exact) mass is 283 g/mol. The van der Waals surface area contributed by atoms with E-state index < -0.39 is 0 Å². The molecule has 0 amide bonds. The Bertz CT molecular complexity index is 640. The lowest BCUT2D eigenvalue weighted by atomic mass is 10.1. The molecule has 0 aliphatic carbocycles. The molecule has 0 aliphatic rings. The fraction of sp³-hybridized carbons (Fsp3) is 0.222. The SMILES string of the molecule is CN(Cc1ccc(C#CCO)cc1)Cc1cccc(F)c1. The van der Waals surface area contributed by atoms with Crippen LogP contribution in [-0.4, -0.2) is 23.7 Å². The van der Waals surface area contributed by atoms with Crippen LogP contribution in [0.4, 0.5) is 4.39 Å². The van der Waals surface area contributed by atoms with Crippen molar-refractivity contribution in [1.29, 1.82) is 0 Å². The zero-order valence-electron chi connectivity index (χ0n) is 12.0. The van der Waals surface area contributed by atoms with Crippen molar-refractivity contribution in [2.24, 2.45) is 0 Å². The van der Waals surface area contributed by atoms with Crippen LogP contribution < -0.4 is 0 Å². The molecule has 108 valence electrons. The third kappa shape index (κ3) is 5.03. The fourth-order valence-electron chi connectivity index (χ4n) is 2.15. The second-order valence-electron chi connectivity index (χ2n) is 4.96. The molecule has 0 radical (unpaired) electrons. The van der Waals surface area contributed by atoms with Gasteiger partial charge in [-0.2, -0.15) is 0 Å². The highest BCUT2D eigenvalue weighted by molar-refractivity contribution is 5.36. The summed E-state index contributed by atoms with van der Waals surface area (Å²) in [7, 11) is 2.00. The van der Waals surface area contributed by atoms with Gasteiger partial charge < -0.3 is 5.11 Å². The lowest BCUT2D eigenvalue weighted by Crippen LogP contribution is -2.17. The highest BCUT2D eigenvalue weighted by atomic mass is 19.1. The van der Waals surface area contributed by atoms with E-state index in [0.29, 0.717) is 6.54 Å². The Labute approximate surface area is 124 Å². The molecular formula is C18H18FNO. The van der Waals surface area contributed by atoms with Gasteiger partial charge in [0.05, 0.1) is 0 Å². The van der Waals surface area contributed by atoms with E-state index in [1.807, 2.05) is 37.4 Å². The molecule has 2 aromatic carbocycles. The minimum Gasteiger partial charge on any atom is -0.384 e. The van der Waals surface area contributed by atoms with Crippen LogP contribution in [0.5, 0.6) is 0 Å². The normalized spacial score (nSPS) is 10.3. The summed E-state index contributed by atoms with van der Waals surface area (Å²) in [6.45, 7) is 1.35. The van der Waals surface area contributed by atoms with Gasteiger partial charge in [0, 0.05) is 18.7 Å². The van der Waals surface area contributed by atoms with Crippen LogP contribution in [-0.2, 0) is 13.1 Å². The van der Waals surface area contributed by atoms with E-state index in [2.05, 4.69) is 16.7 Å². The van der Waals surface area contributed by atoms with Gasteiger partial charge in [-0.25, -0.2) is 4.39 Å². The topological polar surface area (TPSA) is 23.5 Å². The van der Waals surface area contributed by atoms with E-state index in [1.54, 1.807) is 12.1 Å². The molecule has 0 aliphatic heterocycles. The Morgan fingerprint density at radius 3 is 2.43 bits per heavy atom. The third-order valence-corrected chi connectivity index (χ3v) is 3.06. The first-order chi connectivity index (χ1) is 10.2. The summed E-state index contributed by atoms with van der Waals surface area (Å²) >= 11 is 0. The molecule has 3 heteroatoms. The second-order valence-corrected chi connectivity index (χ2v) is 4.96. The summed E-state index contributed by atoms with van der Waals surface area (Å²) < 4.78 is 13.1. The molecule has 1 N–H and O–H groups in total. The minimum atomic E-state index is -0.201. The van der Waals surface area contributed by atoms with Gasteiger partial charge in [-0.05, 0) is 42.4 Å². The fourth-order valence-corrected chi connectivity index (χ4v) is 2.15. The summed E-state index contributed by atoms with van der Waals surface area (Å²) in [5.74, 6) is 5.29. The molecule has 21 heavy (non-hydrogen) atoms. The van der Waals surface area contributed by atoms with Gasteiger partial charge in [-0.15, -0.1) is 0 Å². The zero-order valence-corrected chi connectivity index (χ0v) is 12.0. The quantitative estimate of drug-likeness (QED) is 0.872. The van der Waals surface area contributed by atoms with Crippen LogP contribution in [0, 0.1) is 17.7 Å². The van der Waals surface area contributed by atoms with Gasteiger partial charge in [0.25, 0.3) is 0 Å². The van der Waals surface area contributed by atoms with Crippen LogP contribution >= 0.6 is 0 Å². The van der Waals surface area contributed by atoms with Crippen molar-refractivity contribution in [3.63, 3.8) is 0 Å². The summed E-state index contributed by atoms with van der Waals surface area (Å²) in [5.41, 5.74) is 3.02. The van der Waals surface area contributed by atoms with Crippen LogP contribution in [0.25, 0.3) is 0 Å². The predicted molar refractivity (Wildman–Crippen MR) is 82.0 cm³/mol. The number of hydrogen-bond acceptors (Lipinski definition) is 2. The van der Waals surface area contributed by atoms with E-state index in [0.717, 1.165) is 17.7 Å². The molecular weight excluding hydrogens is 265 g/mol. The number of rotatable bonds is 4. The average molecular weight is 283 g/mol. The maximum absolute atomic E-state index is 13.1. The van der Waals surface area contributed by atoms with Crippen molar-refractivity contribution < 1.29 is 9.50 Å². The van der Waals surface area contributed by atoms with Crippen molar-refractivity contribution in [1.82, 2.24) is 4.90 Å². The molecule has 0 unspecified atom stereocenters. The standard InChI is InChI=1S/C18H18FNO/c1-20(14-17-4-2-6-18(19)12-17)13-16-9-7-15(8-10-16)5-3-11-21/h2,4,6-10,12,21H,11,13-14H2,1H3. The second kappa shape index (κ2) is 7.58. The van der Waals surface area contributed by atoms with E-state index in [4.69, 9.17) is 5.11 Å². The Hall–Kier alpha value is -2.15. The van der Waals surface area contributed by atoms with Crippen molar-refractivity contribution >= 4 is 0 Å². The molecule has 0 saturated carbocycles. The van der Waals surface area contributed by atoms with Gasteiger partial charge in [-0.3, -0.25) is 4.90 Å². The van der Waals surface area contributed by atoms with Crippen molar-refractivity contribution in [3.05, 3.63) is 71.0 Å².